The third-order valence-corrected chi connectivity index (χ3v) is 4.52. The van der Waals surface area contributed by atoms with E-state index in [1.54, 1.807) is 11.0 Å². The molecule has 0 amide bonds. The first-order valence-corrected chi connectivity index (χ1v) is 9.41. The number of aliphatic hydroxyl groups excluding tert-OH is 1. The zero-order chi connectivity index (χ0) is 20.6. The van der Waals surface area contributed by atoms with Crippen LogP contribution in [0.15, 0.2) is 36.5 Å². The Balaban J connectivity index is 1.67. The van der Waals surface area contributed by atoms with Gasteiger partial charge < -0.3 is 15.4 Å². The Morgan fingerprint density at radius 2 is 1.90 bits per heavy atom. The van der Waals surface area contributed by atoms with E-state index in [1.165, 1.54) is 0 Å². The number of tetrazole rings is 1. The summed E-state index contributed by atoms with van der Waals surface area (Å²) in [4.78, 5) is 10.1. The maximum Gasteiger partial charge on any atom is 0.221 e. The van der Waals surface area contributed by atoms with E-state index in [4.69, 9.17) is 5.73 Å². The molecular formula is C20H24N8O. The lowest BCUT2D eigenvalue weighted by Gasteiger charge is -2.21. The Morgan fingerprint density at radius 3 is 2.59 bits per heavy atom. The van der Waals surface area contributed by atoms with Crippen LogP contribution in [0.5, 0.6) is 0 Å². The molecule has 0 spiro atoms. The number of hydrogen-bond donors (Lipinski definition) is 2. The largest absolute Gasteiger partial charge is 0.392 e. The van der Waals surface area contributed by atoms with Crippen LogP contribution in [0.25, 0.3) is 22.4 Å². The summed E-state index contributed by atoms with van der Waals surface area (Å²) in [6.45, 7) is 7.76. The Kier molecular flexibility index (Phi) is 4.75. The van der Waals surface area contributed by atoms with Gasteiger partial charge in [-0.15, -0.1) is 10.2 Å². The predicted molar refractivity (Wildman–Crippen MR) is 110 cm³/mol. The normalized spacial score (nSPS) is 12.0. The van der Waals surface area contributed by atoms with E-state index >= 15 is 0 Å². The highest BCUT2D eigenvalue weighted by Crippen LogP contribution is 2.25. The first-order chi connectivity index (χ1) is 13.8. The summed E-state index contributed by atoms with van der Waals surface area (Å²) in [5.41, 5.74) is 9.37. The number of rotatable bonds is 5. The molecule has 0 aliphatic carbocycles. The Bertz CT molecular complexity index is 1140. The van der Waals surface area contributed by atoms with Gasteiger partial charge >= 0.3 is 0 Å². The summed E-state index contributed by atoms with van der Waals surface area (Å²) >= 11 is 0. The smallest absolute Gasteiger partial charge is 0.221 e. The SMILES string of the molecule is CC(C)(C)Cn1c(Cn2nnc(-c3ccc(CO)cc3)n2)cc2cnc(N)nc21. The number of nitrogens with zero attached hydrogens (tertiary/aromatic N) is 7. The maximum absolute atomic E-state index is 9.18. The minimum Gasteiger partial charge on any atom is -0.392 e. The minimum absolute atomic E-state index is 0.00608. The second-order valence-electron chi connectivity index (χ2n) is 8.29. The standard InChI is InChI=1S/C20H24N8O/c1-20(2,3)12-27-16(8-15-9-22-19(21)23-18(15)27)10-28-25-17(24-26-28)14-6-4-13(11-29)5-7-14/h4-9,29H,10-12H2,1-3H3,(H2,21,22,23). The van der Waals surface area contributed by atoms with Gasteiger partial charge in [-0.05, 0) is 22.3 Å². The molecule has 29 heavy (non-hydrogen) atoms. The topological polar surface area (TPSA) is 121 Å². The molecule has 0 saturated heterocycles. The van der Waals surface area contributed by atoms with Crippen molar-refractivity contribution in [2.75, 3.05) is 5.73 Å². The molecular weight excluding hydrogens is 368 g/mol. The van der Waals surface area contributed by atoms with Crippen LogP contribution < -0.4 is 5.73 Å². The van der Waals surface area contributed by atoms with Crippen LogP contribution in [0, 0.1) is 5.41 Å². The fourth-order valence-corrected chi connectivity index (χ4v) is 3.22. The van der Waals surface area contributed by atoms with Crippen LogP contribution in [-0.4, -0.2) is 39.8 Å². The van der Waals surface area contributed by atoms with Crippen molar-refractivity contribution >= 4 is 17.0 Å². The predicted octanol–water partition coefficient (Wildman–Crippen LogP) is 2.25. The summed E-state index contributed by atoms with van der Waals surface area (Å²) in [6, 6.07) is 9.49. The first-order valence-electron chi connectivity index (χ1n) is 9.41. The lowest BCUT2D eigenvalue weighted by Crippen LogP contribution is -2.19. The fraction of sp³-hybridized carbons (Fsp3) is 0.350. The van der Waals surface area contributed by atoms with Crippen molar-refractivity contribution in [2.24, 2.45) is 5.41 Å². The summed E-state index contributed by atoms with van der Waals surface area (Å²) < 4.78 is 2.15. The number of anilines is 1. The molecule has 0 radical (unpaired) electrons. The van der Waals surface area contributed by atoms with Gasteiger partial charge in [-0.3, -0.25) is 0 Å². The number of aliphatic hydroxyl groups is 1. The van der Waals surface area contributed by atoms with E-state index < -0.39 is 0 Å². The molecule has 0 aliphatic heterocycles. The summed E-state index contributed by atoms with van der Waals surface area (Å²) in [7, 11) is 0. The quantitative estimate of drug-likeness (QED) is 0.534. The van der Waals surface area contributed by atoms with Crippen molar-refractivity contribution < 1.29 is 5.11 Å². The van der Waals surface area contributed by atoms with Gasteiger partial charge in [0, 0.05) is 29.4 Å². The van der Waals surface area contributed by atoms with Crippen LogP contribution in [-0.2, 0) is 19.7 Å². The summed E-state index contributed by atoms with van der Waals surface area (Å²) in [5.74, 6) is 0.793. The van der Waals surface area contributed by atoms with Gasteiger partial charge in [0.2, 0.25) is 11.8 Å². The minimum atomic E-state index is 0.00608. The Labute approximate surface area is 168 Å². The van der Waals surface area contributed by atoms with Crippen LogP contribution in [0.1, 0.15) is 32.0 Å². The molecule has 0 atom stereocenters. The highest BCUT2D eigenvalue weighted by atomic mass is 16.3. The van der Waals surface area contributed by atoms with Crippen LogP contribution in [0.3, 0.4) is 0 Å². The molecule has 0 unspecified atom stereocenters. The van der Waals surface area contributed by atoms with Crippen LogP contribution in [0.2, 0.25) is 0 Å². The molecule has 3 N–H and O–H groups in total. The number of nitrogen functional groups attached to an aromatic ring is 1. The van der Waals surface area contributed by atoms with Crippen LogP contribution in [0.4, 0.5) is 5.95 Å². The average molecular weight is 392 g/mol. The third kappa shape index (κ3) is 4.09. The number of hydrogen-bond acceptors (Lipinski definition) is 7. The third-order valence-electron chi connectivity index (χ3n) is 4.52. The van der Waals surface area contributed by atoms with Crippen molar-refractivity contribution in [3.63, 3.8) is 0 Å². The Hall–Kier alpha value is -3.33. The zero-order valence-corrected chi connectivity index (χ0v) is 16.7. The van der Waals surface area contributed by atoms with E-state index in [2.05, 4.69) is 50.7 Å². The molecule has 9 heteroatoms. The molecule has 4 rings (SSSR count). The molecule has 0 saturated carbocycles. The monoisotopic (exact) mass is 392 g/mol. The number of nitrogens with two attached hydrogens (primary N) is 1. The molecule has 0 fully saturated rings. The molecule has 1 aromatic carbocycles. The first kappa shape index (κ1) is 19.0. The number of benzene rings is 1. The lowest BCUT2D eigenvalue weighted by molar-refractivity contribution is 0.282. The van der Waals surface area contributed by atoms with Crippen molar-refractivity contribution in [3.05, 3.63) is 47.8 Å². The van der Waals surface area contributed by atoms with E-state index in [1.807, 2.05) is 30.3 Å². The maximum atomic E-state index is 9.18. The van der Waals surface area contributed by atoms with Crippen molar-refractivity contribution in [3.8, 4) is 11.4 Å². The van der Waals surface area contributed by atoms with E-state index in [0.29, 0.717) is 12.4 Å². The fourth-order valence-electron chi connectivity index (χ4n) is 3.22. The molecule has 150 valence electrons. The molecule has 3 aromatic heterocycles. The highest BCUT2D eigenvalue weighted by molar-refractivity contribution is 5.77. The molecule has 4 aromatic rings. The summed E-state index contributed by atoms with van der Waals surface area (Å²) in [6.07, 6.45) is 1.74. The van der Waals surface area contributed by atoms with Crippen molar-refractivity contribution in [1.82, 2.24) is 34.7 Å². The van der Waals surface area contributed by atoms with Gasteiger partial charge in [0.1, 0.15) is 12.2 Å². The molecule has 0 aliphatic rings. The van der Waals surface area contributed by atoms with E-state index in [9.17, 15) is 5.11 Å². The second-order valence-corrected chi connectivity index (χ2v) is 8.29. The number of aromatic nitrogens is 7. The summed E-state index contributed by atoms with van der Waals surface area (Å²) in [5, 5.41) is 23.0. The van der Waals surface area contributed by atoms with Gasteiger partial charge in [-0.1, -0.05) is 45.0 Å². The highest BCUT2D eigenvalue weighted by Gasteiger charge is 2.19. The van der Waals surface area contributed by atoms with Crippen LogP contribution >= 0.6 is 0 Å². The Morgan fingerprint density at radius 1 is 1.14 bits per heavy atom. The van der Waals surface area contributed by atoms with Gasteiger partial charge in [0.25, 0.3) is 0 Å². The molecule has 0 bridgehead atoms. The zero-order valence-electron chi connectivity index (χ0n) is 16.7. The number of fused-ring (bicyclic) bond motifs is 1. The van der Waals surface area contributed by atoms with E-state index in [-0.39, 0.29) is 18.0 Å². The molecule has 3 heterocycles. The van der Waals surface area contributed by atoms with Gasteiger partial charge in [-0.2, -0.15) is 9.78 Å². The van der Waals surface area contributed by atoms with Gasteiger partial charge in [0.15, 0.2) is 0 Å². The second kappa shape index (κ2) is 7.25. The average Bonchev–Trinajstić information content (AvgIpc) is 3.27. The van der Waals surface area contributed by atoms with Gasteiger partial charge in [0.05, 0.1) is 6.61 Å². The molecule has 9 nitrogen and oxygen atoms in total. The lowest BCUT2D eigenvalue weighted by atomic mass is 9.97. The van der Waals surface area contributed by atoms with Crippen molar-refractivity contribution in [2.45, 2.75) is 40.5 Å². The van der Waals surface area contributed by atoms with E-state index in [0.717, 1.165) is 34.4 Å². The van der Waals surface area contributed by atoms with Gasteiger partial charge in [-0.25, -0.2) is 4.98 Å². The van der Waals surface area contributed by atoms with Crippen molar-refractivity contribution in [1.29, 1.82) is 0 Å².